The van der Waals surface area contributed by atoms with Crippen LogP contribution < -0.4 is 0 Å². The molecule has 1 N–H and O–H groups in total. The monoisotopic (exact) mass is 351 g/mol. The molecule has 0 aliphatic carbocycles. The molecule has 1 aromatic carbocycles. The van der Waals surface area contributed by atoms with E-state index in [0.717, 1.165) is 29.3 Å². The summed E-state index contributed by atoms with van der Waals surface area (Å²) in [5.41, 5.74) is 0.503. The molecule has 3 rings (SSSR count). The SMILES string of the molecule is CC(C)(C(=O)N1[C@H]2CC[C@H]1[C@H](CO)C2)c1cccc(Br)c1. The molecule has 114 valence electrons. The van der Waals surface area contributed by atoms with E-state index in [1.165, 1.54) is 0 Å². The highest BCUT2D eigenvalue weighted by molar-refractivity contribution is 9.10. The van der Waals surface area contributed by atoms with E-state index in [0.29, 0.717) is 6.04 Å². The van der Waals surface area contributed by atoms with E-state index < -0.39 is 5.41 Å². The number of rotatable bonds is 3. The fraction of sp³-hybridized carbons (Fsp3) is 0.588. The van der Waals surface area contributed by atoms with Crippen molar-refractivity contribution in [3.8, 4) is 0 Å². The number of nitrogens with zero attached hydrogens (tertiary/aromatic N) is 1. The van der Waals surface area contributed by atoms with E-state index in [-0.39, 0.29) is 24.5 Å². The maximum absolute atomic E-state index is 13.1. The zero-order chi connectivity index (χ0) is 15.2. The van der Waals surface area contributed by atoms with E-state index in [9.17, 15) is 9.90 Å². The van der Waals surface area contributed by atoms with Crippen LogP contribution in [0.25, 0.3) is 0 Å². The Labute approximate surface area is 134 Å². The Morgan fingerprint density at radius 2 is 2.19 bits per heavy atom. The molecule has 0 aromatic heterocycles. The van der Waals surface area contributed by atoms with Crippen molar-refractivity contribution in [3.05, 3.63) is 34.3 Å². The lowest BCUT2D eigenvalue weighted by molar-refractivity contribution is -0.137. The molecule has 2 bridgehead atoms. The van der Waals surface area contributed by atoms with Crippen molar-refractivity contribution >= 4 is 21.8 Å². The maximum Gasteiger partial charge on any atom is 0.233 e. The van der Waals surface area contributed by atoms with Crippen LogP contribution in [0.15, 0.2) is 28.7 Å². The first-order valence-corrected chi connectivity index (χ1v) is 8.44. The summed E-state index contributed by atoms with van der Waals surface area (Å²) in [5, 5.41) is 9.50. The number of aliphatic hydroxyl groups excluding tert-OH is 1. The zero-order valence-electron chi connectivity index (χ0n) is 12.6. The molecule has 0 radical (unpaired) electrons. The molecule has 21 heavy (non-hydrogen) atoms. The lowest BCUT2D eigenvalue weighted by atomic mass is 9.83. The van der Waals surface area contributed by atoms with Crippen LogP contribution in [0.3, 0.4) is 0 Å². The molecule has 0 saturated carbocycles. The Bertz CT molecular complexity index is 557. The van der Waals surface area contributed by atoms with E-state index >= 15 is 0 Å². The summed E-state index contributed by atoms with van der Waals surface area (Å²) in [5.74, 6) is 0.468. The largest absolute Gasteiger partial charge is 0.396 e. The summed E-state index contributed by atoms with van der Waals surface area (Å²) in [7, 11) is 0. The van der Waals surface area contributed by atoms with Crippen molar-refractivity contribution in [1.29, 1.82) is 0 Å². The minimum Gasteiger partial charge on any atom is -0.396 e. The summed E-state index contributed by atoms with van der Waals surface area (Å²) in [6.07, 6.45) is 3.08. The summed E-state index contributed by atoms with van der Waals surface area (Å²) in [6.45, 7) is 4.20. The second-order valence-electron chi connectivity index (χ2n) is 6.82. The van der Waals surface area contributed by atoms with Gasteiger partial charge in [0.05, 0.1) is 5.41 Å². The van der Waals surface area contributed by atoms with Gasteiger partial charge < -0.3 is 10.0 Å². The van der Waals surface area contributed by atoms with E-state index in [1.54, 1.807) is 0 Å². The maximum atomic E-state index is 13.1. The van der Waals surface area contributed by atoms with Crippen molar-refractivity contribution in [2.24, 2.45) is 5.92 Å². The number of aliphatic hydroxyl groups is 1. The topological polar surface area (TPSA) is 40.5 Å². The minimum atomic E-state index is -0.533. The number of carbonyl (C=O) groups excluding carboxylic acids is 1. The molecule has 0 spiro atoms. The van der Waals surface area contributed by atoms with Crippen LogP contribution in [0.2, 0.25) is 0 Å². The fourth-order valence-corrected chi connectivity index (χ4v) is 4.35. The molecule has 0 unspecified atom stereocenters. The van der Waals surface area contributed by atoms with Gasteiger partial charge in [-0.3, -0.25) is 4.79 Å². The summed E-state index contributed by atoms with van der Waals surface area (Å²) in [4.78, 5) is 15.2. The average molecular weight is 352 g/mol. The van der Waals surface area contributed by atoms with E-state index in [2.05, 4.69) is 20.8 Å². The molecule has 4 heteroatoms. The van der Waals surface area contributed by atoms with Crippen molar-refractivity contribution in [1.82, 2.24) is 4.90 Å². The van der Waals surface area contributed by atoms with E-state index in [1.807, 2.05) is 38.1 Å². The number of carbonyl (C=O) groups is 1. The minimum absolute atomic E-state index is 0.197. The van der Waals surface area contributed by atoms with Gasteiger partial charge in [0.1, 0.15) is 0 Å². The highest BCUT2D eigenvalue weighted by atomic mass is 79.9. The molecule has 2 fully saturated rings. The van der Waals surface area contributed by atoms with Crippen LogP contribution in [0.1, 0.15) is 38.7 Å². The molecular weight excluding hydrogens is 330 g/mol. The number of fused-ring (bicyclic) bond motifs is 2. The van der Waals surface area contributed by atoms with Crippen LogP contribution in [0.5, 0.6) is 0 Å². The van der Waals surface area contributed by atoms with Gasteiger partial charge >= 0.3 is 0 Å². The quantitative estimate of drug-likeness (QED) is 0.908. The zero-order valence-corrected chi connectivity index (χ0v) is 14.1. The van der Waals surface area contributed by atoms with Gasteiger partial charge in [-0.1, -0.05) is 28.1 Å². The molecule has 1 aromatic rings. The Hall–Kier alpha value is -0.870. The Morgan fingerprint density at radius 1 is 1.43 bits per heavy atom. The van der Waals surface area contributed by atoms with Gasteiger partial charge in [-0.25, -0.2) is 0 Å². The molecule has 2 aliphatic heterocycles. The van der Waals surface area contributed by atoms with Gasteiger partial charge in [0, 0.05) is 29.1 Å². The second kappa shape index (κ2) is 5.40. The van der Waals surface area contributed by atoms with Crippen LogP contribution in [-0.4, -0.2) is 34.6 Å². The number of amides is 1. The van der Waals surface area contributed by atoms with Gasteiger partial charge in [-0.15, -0.1) is 0 Å². The summed E-state index contributed by atoms with van der Waals surface area (Å²) < 4.78 is 0.999. The Kier molecular flexibility index (Phi) is 3.87. The molecular formula is C17H22BrNO2. The highest BCUT2D eigenvalue weighted by Crippen LogP contribution is 2.44. The molecule has 3 nitrogen and oxygen atoms in total. The predicted octanol–water partition coefficient (Wildman–Crippen LogP) is 3.10. The molecule has 3 atom stereocenters. The highest BCUT2D eigenvalue weighted by Gasteiger charge is 2.51. The smallest absolute Gasteiger partial charge is 0.233 e. The lowest BCUT2D eigenvalue weighted by Crippen LogP contribution is -2.46. The van der Waals surface area contributed by atoms with Gasteiger partial charge in [0.15, 0.2) is 0 Å². The van der Waals surface area contributed by atoms with Crippen molar-refractivity contribution in [2.45, 2.75) is 50.6 Å². The number of hydrogen-bond donors (Lipinski definition) is 1. The van der Waals surface area contributed by atoms with Crippen LogP contribution in [-0.2, 0) is 10.2 Å². The Morgan fingerprint density at radius 3 is 2.81 bits per heavy atom. The summed E-state index contributed by atoms with van der Waals surface area (Å²) >= 11 is 3.49. The van der Waals surface area contributed by atoms with Crippen LogP contribution >= 0.6 is 15.9 Å². The average Bonchev–Trinajstić information content (AvgIpc) is 3.03. The molecule has 2 heterocycles. The van der Waals surface area contributed by atoms with Crippen LogP contribution in [0, 0.1) is 5.92 Å². The predicted molar refractivity (Wildman–Crippen MR) is 86.0 cm³/mol. The number of halogens is 1. The second-order valence-corrected chi connectivity index (χ2v) is 7.74. The number of hydrogen-bond acceptors (Lipinski definition) is 2. The molecule has 2 saturated heterocycles. The van der Waals surface area contributed by atoms with Gasteiger partial charge in [-0.2, -0.15) is 0 Å². The van der Waals surface area contributed by atoms with Gasteiger partial charge in [0.2, 0.25) is 5.91 Å². The van der Waals surface area contributed by atoms with Crippen molar-refractivity contribution < 1.29 is 9.90 Å². The normalized spacial score (nSPS) is 28.2. The van der Waals surface area contributed by atoms with E-state index in [4.69, 9.17) is 0 Å². The lowest BCUT2D eigenvalue weighted by Gasteiger charge is -2.33. The fourth-order valence-electron chi connectivity index (χ4n) is 3.95. The van der Waals surface area contributed by atoms with Gasteiger partial charge in [0.25, 0.3) is 0 Å². The first kappa shape index (κ1) is 15.0. The van der Waals surface area contributed by atoms with Gasteiger partial charge in [-0.05, 0) is 50.8 Å². The first-order valence-electron chi connectivity index (χ1n) is 7.65. The van der Waals surface area contributed by atoms with Crippen molar-refractivity contribution in [3.63, 3.8) is 0 Å². The standard InChI is InChI=1S/C17H22BrNO2/c1-17(2,12-4-3-5-13(18)9-12)16(21)19-14-6-7-15(19)11(8-14)10-20/h3-5,9,11,14-15,20H,6-8,10H2,1-2H3/t11-,14-,15-/m0/s1. The van der Waals surface area contributed by atoms with Crippen molar-refractivity contribution in [2.75, 3.05) is 6.61 Å². The first-order chi connectivity index (χ1) is 9.95. The third-order valence-electron chi connectivity index (χ3n) is 5.22. The number of benzene rings is 1. The third kappa shape index (κ3) is 2.42. The molecule has 1 amide bonds. The Balaban J connectivity index is 1.88. The van der Waals surface area contributed by atoms with Crippen LogP contribution in [0.4, 0.5) is 0 Å². The molecule has 2 aliphatic rings. The third-order valence-corrected chi connectivity index (χ3v) is 5.71. The summed E-state index contributed by atoms with van der Waals surface area (Å²) in [6, 6.07) is 8.56.